The monoisotopic (exact) mass is 969 g/mol. The topological polar surface area (TPSA) is 11.4 Å². The molecule has 72 heavy (non-hydrogen) atoms. The Morgan fingerprint density at radius 3 is 2.29 bits per heavy atom. The molecule has 2 aliphatic carbocycles. The van der Waals surface area contributed by atoms with Gasteiger partial charge < -0.3 is 14.4 Å². The van der Waals surface area contributed by atoms with Crippen LogP contribution in [0.15, 0.2) is 246 Å². The summed E-state index contributed by atoms with van der Waals surface area (Å²) in [5.74, 6) is 0. The Balaban J connectivity index is 0.00000277. The van der Waals surface area contributed by atoms with E-state index in [1.165, 1.54) is 108 Å². The van der Waals surface area contributed by atoms with Gasteiger partial charge in [0.2, 0.25) is 0 Å². The number of likely N-dealkylation sites (N-methyl/N-ethyl adjacent to an activating group) is 1. The first-order valence-electron chi connectivity index (χ1n) is 25.3. The third kappa shape index (κ3) is 8.51. The number of rotatable bonds is 10. The smallest absolute Gasteiger partial charge is 0.0631 e. The van der Waals surface area contributed by atoms with Gasteiger partial charge in [0.15, 0.2) is 0 Å². The Labute approximate surface area is 433 Å². The summed E-state index contributed by atoms with van der Waals surface area (Å²) in [5, 5.41) is 5.14. The minimum atomic E-state index is 0.149. The Morgan fingerprint density at radius 1 is 0.736 bits per heavy atom. The van der Waals surface area contributed by atoms with Gasteiger partial charge in [0, 0.05) is 94.2 Å². The summed E-state index contributed by atoms with van der Waals surface area (Å²) < 4.78 is 5.14. The van der Waals surface area contributed by atoms with E-state index in [9.17, 15) is 0 Å². The van der Waals surface area contributed by atoms with E-state index in [2.05, 4.69) is 242 Å². The van der Waals surface area contributed by atoms with Crippen molar-refractivity contribution in [2.75, 3.05) is 11.9 Å². The van der Waals surface area contributed by atoms with Gasteiger partial charge >= 0.3 is 0 Å². The number of benzene rings is 7. The molecule has 0 fully saturated rings. The first kappa shape index (κ1) is 46.8. The molecule has 5 heteroatoms. The normalized spacial score (nSPS) is 15.8. The maximum Gasteiger partial charge on any atom is 0.0631 e. The molecule has 12 rings (SSSR count). The zero-order valence-corrected chi connectivity index (χ0v) is 43.4. The van der Waals surface area contributed by atoms with Gasteiger partial charge in [0.1, 0.15) is 0 Å². The van der Waals surface area contributed by atoms with Crippen LogP contribution in [0.1, 0.15) is 62.3 Å². The molecule has 0 N–H and O–H groups in total. The molecule has 0 amide bonds. The Kier molecular flexibility index (Phi) is 13.2. The van der Waals surface area contributed by atoms with Crippen molar-refractivity contribution in [2.24, 2.45) is 0 Å². The van der Waals surface area contributed by atoms with E-state index in [1.807, 2.05) is 49.1 Å². The number of hydrogen-bond acceptors (Lipinski definition) is 4. The second kappa shape index (κ2) is 20.3. The van der Waals surface area contributed by atoms with E-state index in [0.717, 1.165) is 30.6 Å². The first-order chi connectivity index (χ1) is 35.4. The Hall–Kier alpha value is -7.57. The van der Waals surface area contributed by atoms with Crippen molar-refractivity contribution in [3.05, 3.63) is 258 Å². The fourth-order valence-electron chi connectivity index (χ4n) is 10.9. The fourth-order valence-corrected chi connectivity index (χ4v) is 12.9. The van der Waals surface area contributed by atoms with Crippen molar-refractivity contribution in [3.63, 3.8) is 0 Å². The summed E-state index contributed by atoms with van der Waals surface area (Å²) in [6.07, 6.45) is 23.1. The van der Waals surface area contributed by atoms with Crippen LogP contribution in [0.4, 0.5) is 5.69 Å². The highest BCUT2D eigenvalue weighted by Gasteiger charge is 2.35. The third-order valence-corrected chi connectivity index (χ3v) is 16.6. The number of anilines is 1. The van der Waals surface area contributed by atoms with Crippen molar-refractivity contribution in [1.29, 1.82) is 0 Å². The van der Waals surface area contributed by atoms with Crippen LogP contribution in [0.25, 0.3) is 64.4 Å². The molecular formula is C67H59N3S2. The second-order valence-corrected chi connectivity index (χ2v) is 20.7. The van der Waals surface area contributed by atoms with E-state index in [-0.39, 0.29) is 6.04 Å². The Bertz CT molecular complexity index is 3780. The van der Waals surface area contributed by atoms with Gasteiger partial charge in [-0.3, -0.25) is 0 Å². The quantitative estimate of drug-likeness (QED) is 0.127. The number of para-hydroxylation sites is 1. The molecule has 3 heterocycles. The lowest BCUT2D eigenvalue weighted by molar-refractivity contribution is 0.351. The van der Waals surface area contributed by atoms with E-state index in [0.29, 0.717) is 0 Å². The van der Waals surface area contributed by atoms with Gasteiger partial charge in [0.25, 0.3) is 0 Å². The highest BCUT2D eigenvalue weighted by molar-refractivity contribution is 7.99. The van der Waals surface area contributed by atoms with Crippen LogP contribution in [-0.2, 0) is 0 Å². The average Bonchev–Trinajstić information content (AvgIpc) is 3.77. The molecule has 1 aliphatic heterocycles. The van der Waals surface area contributed by atoms with Crippen molar-refractivity contribution < 1.29 is 0 Å². The lowest BCUT2D eigenvalue weighted by Gasteiger charge is -2.39. The molecule has 0 saturated heterocycles. The van der Waals surface area contributed by atoms with E-state index >= 15 is 0 Å². The number of nitrogens with zero attached hydrogens (tertiary/aromatic N) is 3. The molecule has 1 atom stereocenters. The Morgan fingerprint density at radius 2 is 1.49 bits per heavy atom. The van der Waals surface area contributed by atoms with Crippen molar-refractivity contribution in [2.45, 2.75) is 62.8 Å². The molecule has 9 aromatic rings. The van der Waals surface area contributed by atoms with Crippen LogP contribution < -0.4 is 4.90 Å². The minimum absolute atomic E-state index is 0.149. The molecule has 3 nitrogen and oxygen atoms in total. The number of allylic oxidation sites excluding steroid dienone is 12. The first-order valence-corrected chi connectivity index (χ1v) is 27.0. The van der Waals surface area contributed by atoms with Gasteiger partial charge in [-0.05, 0) is 127 Å². The largest absolute Gasteiger partial charge is 0.368 e. The van der Waals surface area contributed by atoms with Crippen molar-refractivity contribution in [3.8, 4) is 5.69 Å². The molecule has 2 bridgehead atoms. The lowest BCUT2D eigenvalue weighted by Crippen LogP contribution is -2.32. The van der Waals surface area contributed by atoms with Crippen LogP contribution in [0.2, 0.25) is 0 Å². The SMILES string of the molecule is C=C/C=C\C=C(/C)N1C2=C(c3ccccc3)C(N(C)C3C=C(c4ccc5sc6ccccc6c5c4)C=CCC3)=CC=C(C2)c2ccc3c(c21)c1ccccc1n3-c1ccc(Sc2ccccc2)c(C)c1.CC. The summed E-state index contributed by atoms with van der Waals surface area (Å²) in [6, 6.07) is 58.4. The van der Waals surface area contributed by atoms with Crippen LogP contribution in [0.5, 0.6) is 0 Å². The second-order valence-electron chi connectivity index (χ2n) is 18.5. The highest BCUT2D eigenvalue weighted by atomic mass is 32.2. The fraction of sp³-hybridized carbons (Fsp3) is 0.134. The third-order valence-electron chi connectivity index (χ3n) is 14.3. The van der Waals surface area contributed by atoms with Crippen LogP contribution >= 0.6 is 23.1 Å². The summed E-state index contributed by atoms with van der Waals surface area (Å²) >= 11 is 3.70. The molecule has 354 valence electrons. The van der Waals surface area contributed by atoms with Gasteiger partial charge in [-0.1, -0.05) is 172 Å². The van der Waals surface area contributed by atoms with Gasteiger partial charge in [-0.2, -0.15) is 0 Å². The van der Waals surface area contributed by atoms with Crippen LogP contribution in [0, 0.1) is 6.92 Å². The summed E-state index contributed by atoms with van der Waals surface area (Å²) in [6.45, 7) is 12.5. The number of hydrogen-bond donors (Lipinski definition) is 0. The zero-order valence-electron chi connectivity index (χ0n) is 41.8. The summed E-state index contributed by atoms with van der Waals surface area (Å²) in [4.78, 5) is 7.65. The summed E-state index contributed by atoms with van der Waals surface area (Å²) in [5.41, 5.74) is 17.2. The number of fused-ring (bicyclic) bond motifs is 11. The van der Waals surface area contributed by atoms with E-state index in [1.54, 1.807) is 0 Å². The number of aryl methyl sites for hydroxylation is 1. The minimum Gasteiger partial charge on any atom is -0.368 e. The number of aromatic nitrogens is 1. The van der Waals surface area contributed by atoms with Gasteiger partial charge in [-0.25, -0.2) is 0 Å². The van der Waals surface area contributed by atoms with E-state index in [4.69, 9.17) is 0 Å². The summed E-state index contributed by atoms with van der Waals surface area (Å²) in [7, 11) is 2.31. The average molecular weight is 970 g/mol. The van der Waals surface area contributed by atoms with Gasteiger partial charge in [-0.15, -0.1) is 11.3 Å². The molecular weight excluding hydrogens is 911 g/mol. The highest BCUT2D eigenvalue weighted by Crippen LogP contribution is 2.53. The molecule has 1 unspecified atom stereocenters. The number of thiophene rings is 1. The molecule has 3 aliphatic rings. The predicted octanol–water partition coefficient (Wildman–Crippen LogP) is 18.9. The van der Waals surface area contributed by atoms with Crippen molar-refractivity contribution >= 4 is 87.5 Å². The molecule has 0 saturated carbocycles. The molecule has 0 radical (unpaired) electrons. The van der Waals surface area contributed by atoms with E-state index < -0.39 is 0 Å². The maximum atomic E-state index is 4.01. The predicted molar refractivity (Wildman–Crippen MR) is 314 cm³/mol. The maximum absolute atomic E-state index is 4.01. The van der Waals surface area contributed by atoms with Crippen molar-refractivity contribution in [1.82, 2.24) is 9.47 Å². The van der Waals surface area contributed by atoms with Crippen LogP contribution in [-0.4, -0.2) is 22.6 Å². The van der Waals surface area contributed by atoms with Crippen LogP contribution in [0.3, 0.4) is 0 Å². The molecule has 2 aromatic heterocycles. The molecule has 0 spiro atoms. The molecule has 7 aromatic carbocycles. The standard InChI is InChI=1S/C65H53N3S2.C2H6/c1-5-6-9-20-44(3)67-59-42-48(52-34-36-58-64(65(52)67)54-28-16-18-29-56(54)68(58)50-33-38-60(43(2)39-50)69-51-25-12-8-13-26-51)31-35-57(63(59)45-21-10-7-11-22-45)66(4)49-24-15-14-23-46(40-49)47-32-37-62-55(41-47)53-27-17-19-30-61(53)70-62;1-2/h5-14,16-23,25-41,49H,1,15,24,42H2,2-4H3;1-2H3/b9-6-,44-20+;. The lowest BCUT2D eigenvalue weighted by atomic mass is 9.88. The zero-order chi connectivity index (χ0) is 49.3. The van der Waals surface area contributed by atoms with Gasteiger partial charge in [0.05, 0.1) is 16.7 Å².